The van der Waals surface area contributed by atoms with Gasteiger partial charge in [0.25, 0.3) is 5.91 Å². The smallest absolute Gasteiger partial charge is 0.251 e. The molecule has 0 fully saturated rings. The van der Waals surface area contributed by atoms with Crippen LogP contribution in [-0.2, 0) is 0 Å². The van der Waals surface area contributed by atoms with Gasteiger partial charge >= 0.3 is 0 Å². The van der Waals surface area contributed by atoms with Gasteiger partial charge in [-0.25, -0.2) is 0 Å². The van der Waals surface area contributed by atoms with Crippen LogP contribution in [-0.4, -0.2) is 25.4 Å². The van der Waals surface area contributed by atoms with Crippen LogP contribution in [0.15, 0.2) is 60.0 Å². The summed E-state index contributed by atoms with van der Waals surface area (Å²) in [5.74, 6) is 2.02. The second-order valence-electron chi connectivity index (χ2n) is 5.67. The topological polar surface area (TPSA) is 47.6 Å². The van der Waals surface area contributed by atoms with Crippen LogP contribution in [0.2, 0.25) is 0 Å². The van der Waals surface area contributed by atoms with Crippen molar-refractivity contribution in [2.24, 2.45) is 0 Å². The normalized spacial score (nSPS) is 15.8. The molecule has 1 aliphatic rings. The van der Waals surface area contributed by atoms with Crippen molar-refractivity contribution >= 4 is 17.7 Å². The molecule has 0 bridgehead atoms. The number of benzene rings is 2. The van der Waals surface area contributed by atoms with Crippen molar-refractivity contribution in [2.75, 3.05) is 19.5 Å². The summed E-state index contributed by atoms with van der Waals surface area (Å²) in [6, 6.07) is 13.5. The SMILES string of the molecule is C=CCOc1ccc(C(=O)NC2CCSc3ccccc32)cc1OC. The molecule has 1 unspecified atom stereocenters. The molecule has 1 atom stereocenters. The number of rotatable bonds is 6. The van der Waals surface area contributed by atoms with Crippen molar-refractivity contribution in [3.8, 4) is 11.5 Å². The first-order valence-electron chi connectivity index (χ1n) is 8.17. The van der Waals surface area contributed by atoms with E-state index in [1.807, 2.05) is 23.9 Å². The summed E-state index contributed by atoms with van der Waals surface area (Å²) in [6.07, 6.45) is 2.59. The average molecular weight is 355 g/mol. The van der Waals surface area contributed by atoms with Gasteiger partial charge in [0.2, 0.25) is 0 Å². The Hall–Kier alpha value is -2.40. The highest BCUT2D eigenvalue weighted by Crippen LogP contribution is 2.36. The van der Waals surface area contributed by atoms with Gasteiger partial charge in [0, 0.05) is 16.2 Å². The lowest BCUT2D eigenvalue weighted by molar-refractivity contribution is 0.0934. The predicted molar refractivity (Wildman–Crippen MR) is 101 cm³/mol. The van der Waals surface area contributed by atoms with E-state index in [1.54, 1.807) is 31.4 Å². The zero-order valence-electron chi connectivity index (χ0n) is 14.2. The highest BCUT2D eigenvalue weighted by Gasteiger charge is 2.22. The lowest BCUT2D eigenvalue weighted by atomic mass is 10.0. The monoisotopic (exact) mass is 355 g/mol. The summed E-state index contributed by atoms with van der Waals surface area (Å²) >= 11 is 1.84. The number of carbonyl (C=O) groups is 1. The summed E-state index contributed by atoms with van der Waals surface area (Å²) in [4.78, 5) is 13.9. The molecule has 1 heterocycles. The largest absolute Gasteiger partial charge is 0.493 e. The Kier molecular flexibility index (Phi) is 5.66. The van der Waals surface area contributed by atoms with Gasteiger partial charge in [0.05, 0.1) is 13.2 Å². The molecule has 1 amide bonds. The molecule has 0 saturated heterocycles. The summed E-state index contributed by atoms with van der Waals surface area (Å²) in [7, 11) is 1.56. The van der Waals surface area contributed by atoms with Crippen molar-refractivity contribution in [3.63, 3.8) is 0 Å². The summed E-state index contributed by atoms with van der Waals surface area (Å²) < 4.78 is 10.9. The minimum Gasteiger partial charge on any atom is -0.493 e. The second kappa shape index (κ2) is 8.12. The molecule has 2 aromatic rings. The van der Waals surface area contributed by atoms with Crippen LogP contribution in [0.1, 0.15) is 28.4 Å². The Morgan fingerprint density at radius 3 is 2.96 bits per heavy atom. The Morgan fingerprint density at radius 1 is 1.32 bits per heavy atom. The molecule has 25 heavy (non-hydrogen) atoms. The van der Waals surface area contributed by atoms with Crippen molar-refractivity contribution in [1.82, 2.24) is 5.32 Å². The molecular formula is C20H21NO3S. The highest BCUT2D eigenvalue weighted by atomic mass is 32.2. The number of hydrogen-bond acceptors (Lipinski definition) is 4. The average Bonchev–Trinajstić information content (AvgIpc) is 2.66. The third-order valence-electron chi connectivity index (χ3n) is 4.05. The lowest BCUT2D eigenvalue weighted by Crippen LogP contribution is -2.30. The Bertz CT molecular complexity index is 775. The number of nitrogens with one attached hydrogen (secondary N) is 1. The Balaban J connectivity index is 1.77. The number of fused-ring (bicyclic) bond motifs is 1. The van der Waals surface area contributed by atoms with Crippen LogP contribution in [0.3, 0.4) is 0 Å². The van der Waals surface area contributed by atoms with Gasteiger partial charge in [-0.3, -0.25) is 4.79 Å². The summed E-state index contributed by atoms with van der Waals surface area (Å²) in [6.45, 7) is 4.02. The molecule has 3 rings (SSSR count). The molecule has 2 aromatic carbocycles. The molecule has 0 radical (unpaired) electrons. The van der Waals surface area contributed by atoms with Crippen molar-refractivity contribution < 1.29 is 14.3 Å². The van der Waals surface area contributed by atoms with E-state index in [2.05, 4.69) is 24.0 Å². The van der Waals surface area contributed by atoms with Crippen LogP contribution in [0.5, 0.6) is 11.5 Å². The number of thioether (sulfide) groups is 1. The van der Waals surface area contributed by atoms with Crippen LogP contribution < -0.4 is 14.8 Å². The van der Waals surface area contributed by atoms with E-state index in [-0.39, 0.29) is 11.9 Å². The maximum atomic E-state index is 12.7. The molecule has 1 N–H and O–H groups in total. The first-order valence-corrected chi connectivity index (χ1v) is 9.16. The molecular weight excluding hydrogens is 334 g/mol. The highest BCUT2D eigenvalue weighted by molar-refractivity contribution is 7.99. The third-order valence-corrected chi connectivity index (χ3v) is 5.17. The van der Waals surface area contributed by atoms with E-state index in [0.29, 0.717) is 23.7 Å². The van der Waals surface area contributed by atoms with Gasteiger partial charge in [-0.2, -0.15) is 0 Å². The zero-order valence-corrected chi connectivity index (χ0v) is 15.0. The van der Waals surface area contributed by atoms with Gasteiger partial charge in [-0.05, 0) is 36.2 Å². The fourth-order valence-corrected chi connectivity index (χ4v) is 3.94. The maximum absolute atomic E-state index is 12.7. The number of ether oxygens (including phenoxy) is 2. The number of carbonyl (C=O) groups excluding carboxylic acids is 1. The number of methoxy groups -OCH3 is 1. The minimum absolute atomic E-state index is 0.0348. The van der Waals surface area contributed by atoms with Gasteiger partial charge < -0.3 is 14.8 Å². The molecule has 4 nitrogen and oxygen atoms in total. The first kappa shape index (κ1) is 17.4. The van der Waals surface area contributed by atoms with Crippen LogP contribution in [0.4, 0.5) is 0 Å². The van der Waals surface area contributed by atoms with Gasteiger partial charge in [0.15, 0.2) is 11.5 Å². The van der Waals surface area contributed by atoms with Crippen molar-refractivity contribution in [3.05, 3.63) is 66.2 Å². The van der Waals surface area contributed by atoms with Crippen LogP contribution in [0.25, 0.3) is 0 Å². The summed E-state index contributed by atoms with van der Waals surface area (Å²) in [5, 5.41) is 3.14. The predicted octanol–water partition coefficient (Wildman–Crippen LogP) is 4.23. The van der Waals surface area contributed by atoms with Crippen LogP contribution in [0, 0.1) is 0 Å². The van der Waals surface area contributed by atoms with Gasteiger partial charge in [0.1, 0.15) is 6.61 Å². The second-order valence-corrected chi connectivity index (χ2v) is 6.80. The molecule has 0 saturated carbocycles. The van der Waals surface area contributed by atoms with E-state index in [0.717, 1.165) is 12.2 Å². The number of hydrogen-bond donors (Lipinski definition) is 1. The number of amides is 1. The molecule has 0 aromatic heterocycles. The summed E-state index contributed by atoms with van der Waals surface area (Å²) in [5.41, 5.74) is 1.74. The van der Waals surface area contributed by atoms with E-state index in [9.17, 15) is 4.79 Å². The van der Waals surface area contributed by atoms with E-state index < -0.39 is 0 Å². The van der Waals surface area contributed by atoms with Crippen molar-refractivity contribution in [2.45, 2.75) is 17.4 Å². The molecule has 0 aliphatic carbocycles. The molecule has 1 aliphatic heterocycles. The van der Waals surface area contributed by atoms with E-state index >= 15 is 0 Å². The van der Waals surface area contributed by atoms with Crippen molar-refractivity contribution in [1.29, 1.82) is 0 Å². The minimum atomic E-state index is -0.111. The maximum Gasteiger partial charge on any atom is 0.251 e. The van der Waals surface area contributed by atoms with E-state index in [1.165, 1.54) is 10.5 Å². The fraction of sp³-hybridized carbons (Fsp3) is 0.250. The molecule has 0 spiro atoms. The zero-order chi connectivity index (χ0) is 17.6. The molecule has 5 heteroatoms. The lowest BCUT2D eigenvalue weighted by Gasteiger charge is -2.26. The Morgan fingerprint density at radius 2 is 2.16 bits per heavy atom. The van der Waals surface area contributed by atoms with Gasteiger partial charge in [-0.1, -0.05) is 30.9 Å². The first-order chi connectivity index (χ1) is 12.2. The fourth-order valence-electron chi connectivity index (χ4n) is 2.81. The Labute approximate surface area is 152 Å². The third kappa shape index (κ3) is 3.99. The van der Waals surface area contributed by atoms with Gasteiger partial charge in [-0.15, -0.1) is 11.8 Å². The van der Waals surface area contributed by atoms with Crippen LogP contribution >= 0.6 is 11.8 Å². The quantitative estimate of drug-likeness (QED) is 0.788. The molecule has 130 valence electrons. The van der Waals surface area contributed by atoms with E-state index in [4.69, 9.17) is 9.47 Å². The standard InChI is InChI=1S/C20H21NO3S/c1-3-11-24-17-9-8-14(13-18(17)23-2)20(22)21-16-10-12-25-19-7-5-4-6-15(16)19/h3-9,13,16H,1,10-12H2,2H3,(H,21,22).